The van der Waals surface area contributed by atoms with E-state index in [0.717, 1.165) is 92.2 Å². The molecule has 0 amide bonds. The standard InChI is InChI=1S/C45H58N6S.C2H6.CH5N.CH2O/c1-8-11-14-35(9-2)28-48-30-39(29-46-7)36(10-3)20-21-37-15-12-18-43(45(37)52)42-17-13-16-41(34(42)6)38-23-24-49-44(25-38)50-27-32(4)26-47-31-40-22-19-33(5)51-40;3*1-2/h8,12-13,15-18,20,22-25,27,29,35,47-48,51-52H,1,5,7,9-11,14,19,21,26,28,30-31H2,2-4,6H3,(H,49,50);1-2H3;2H2,1H3;1H2/b32-27+,36-20-,39-29-;;;. The van der Waals surface area contributed by atoms with E-state index in [1.54, 1.807) is 0 Å². The van der Waals surface area contributed by atoms with Gasteiger partial charge >= 0.3 is 0 Å². The van der Waals surface area contributed by atoms with Gasteiger partial charge in [0.15, 0.2) is 0 Å². The fourth-order valence-corrected chi connectivity index (χ4v) is 6.89. The van der Waals surface area contributed by atoms with Crippen LogP contribution in [0.25, 0.3) is 22.3 Å². The van der Waals surface area contributed by atoms with Gasteiger partial charge < -0.3 is 31.8 Å². The summed E-state index contributed by atoms with van der Waals surface area (Å²) in [5.41, 5.74) is 17.4. The minimum atomic E-state index is 0.641. The Hall–Kier alpha value is -4.80. The molecule has 1 aromatic heterocycles. The van der Waals surface area contributed by atoms with E-state index in [1.807, 2.05) is 45.3 Å². The first-order valence-corrected chi connectivity index (χ1v) is 20.9. The molecule has 1 aliphatic heterocycles. The number of hydrogen-bond donors (Lipinski definition) is 6. The van der Waals surface area contributed by atoms with Crippen molar-refractivity contribution in [2.24, 2.45) is 16.6 Å². The lowest BCUT2D eigenvalue weighted by atomic mass is 9.91. The number of thiol groups is 1. The van der Waals surface area contributed by atoms with E-state index >= 15 is 0 Å². The van der Waals surface area contributed by atoms with E-state index in [-0.39, 0.29) is 0 Å². The molecule has 0 saturated carbocycles. The first kappa shape index (κ1) is 51.2. The summed E-state index contributed by atoms with van der Waals surface area (Å²) in [6.45, 7) is 29.7. The molecule has 314 valence electrons. The van der Waals surface area contributed by atoms with Gasteiger partial charge in [0.05, 0.1) is 0 Å². The van der Waals surface area contributed by atoms with Gasteiger partial charge in [0.2, 0.25) is 0 Å². The number of carbonyl (C=O) groups is 1. The SMILES string of the molecule is C=CCCC(CC)CNCC(=C/N=C)/C(=C\Cc1cccc(-c2cccc(-c3ccnc(N/C=C(\C)CNCC4=CCC(=C)N4)c3)c2C)c1S)CC.C=O.CC.CN. The van der Waals surface area contributed by atoms with Gasteiger partial charge in [-0.1, -0.05) is 95.3 Å². The zero-order valence-corrected chi connectivity index (χ0v) is 37.3. The number of aromatic nitrogens is 1. The van der Waals surface area contributed by atoms with Crippen LogP contribution in [0.1, 0.15) is 77.8 Å². The van der Waals surface area contributed by atoms with Crippen molar-refractivity contribution in [1.82, 2.24) is 20.9 Å². The van der Waals surface area contributed by atoms with E-state index in [2.05, 4.69) is 145 Å². The van der Waals surface area contributed by atoms with E-state index in [4.69, 9.17) is 17.4 Å². The zero-order chi connectivity index (χ0) is 43.3. The Morgan fingerprint density at radius 3 is 2.40 bits per heavy atom. The molecule has 1 aliphatic rings. The summed E-state index contributed by atoms with van der Waals surface area (Å²) >= 11 is 5.12. The first-order valence-electron chi connectivity index (χ1n) is 20.4. The number of anilines is 1. The maximum Gasteiger partial charge on any atom is 0.130 e. The Morgan fingerprint density at radius 2 is 1.74 bits per heavy atom. The topological polar surface area (TPSA) is 116 Å². The predicted molar refractivity (Wildman–Crippen MR) is 257 cm³/mol. The second-order valence-electron chi connectivity index (χ2n) is 13.5. The summed E-state index contributed by atoms with van der Waals surface area (Å²) in [4.78, 5) is 17.7. The Labute approximate surface area is 356 Å². The number of hydrogen-bond acceptors (Lipinski definition) is 9. The number of benzene rings is 2. The van der Waals surface area contributed by atoms with Gasteiger partial charge in [-0.05, 0) is 128 Å². The number of nitrogens with zero attached hydrogens (tertiary/aromatic N) is 2. The van der Waals surface area contributed by atoms with Crippen LogP contribution in [0, 0.1) is 12.8 Å². The van der Waals surface area contributed by atoms with Gasteiger partial charge in [0.1, 0.15) is 12.6 Å². The molecule has 6 N–H and O–H groups in total. The van der Waals surface area contributed by atoms with Crippen molar-refractivity contribution in [1.29, 1.82) is 0 Å². The highest BCUT2D eigenvalue weighted by atomic mass is 32.1. The molecule has 1 atom stereocenters. The Morgan fingerprint density at radius 1 is 1.03 bits per heavy atom. The van der Waals surface area contributed by atoms with Crippen molar-refractivity contribution in [2.75, 3.05) is 38.5 Å². The van der Waals surface area contributed by atoms with Crippen LogP contribution < -0.4 is 27.0 Å². The van der Waals surface area contributed by atoms with Crippen LogP contribution in [-0.2, 0) is 11.2 Å². The lowest BCUT2D eigenvalue weighted by molar-refractivity contribution is -0.0980. The largest absolute Gasteiger partial charge is 0.362 e. The summed E-state index contributed by atoms with van der Waals surface area (Å²) in [5, 5.41) is 13.9. The molecule has 3 aromatic rings. The molecule has 4 rings (SSSR count). The molecular formula is C49H71N7OS. The van der Waals surface area contributed by atoms with Crippen molar-refractivity contribution in [3.63, 3.8) is 0 Å². The monoisotopic (exact) mass is 806 g/mol. The van der Waals surface area contributed by atoms with Crippen LogP contribution >= 0.6 is 12.6 Å². The molecule has 0 bridgehead atoms. The fraction of sp³-hybridized carbons (Fsp3) is 0.367. The third-order valence-electron chi connectivity index (χ3n) is 9.65. The van der Waals surface area contributed by atoms with E-state index in [9.17, 15) is 0 Å². The summed E-state index contributed by atoms with van der Waals surface area (Å²) < 4.78 is 0. The molecule has 2 aromatic carbocycles. The maximum absolute atomic E-state index is 8.00. The third kappa shape index (κ3) is 17.0. The predicted octanol–water partition coefficient (Wildman–Crippen LogP) is 10.8. The Balaban J connectivity index is 0.00000267. The molecule has 0 radical (unpaired) electrons. The number of rotatable bonds is 21. The Kier molecular flexibility index (Phi) is 26.8. The molecule has 58 heavy (non-hydrogen) atoms. The van der Waals surface area contributed by atoms with Gasteiger partial charge in [-0.2, -0.15) is 0 Å². The lowest BCUT2D eigenvalue weighted by Gasteiger charge is -2.17. The van der Waals surface area contributed by atoms with E-state index in [0.29, 0.717) is 5.92 Å². The normalized spacial score (nSPS) is 13.0. The summed E-state index contributed by atoms with van der Waals surface area (Å²) in [6.07, 6.45) is 18.3. The number of pyridine rings is 1. The molecule has 0 saturated heterocycles. The molecule has 0 spiro atoms. The maximum atomic E-state index is 8.00. The van der Waals surface area contributed by atoms with Crippen LogP contribution in [0.2, 0.25) is 0 Å². The molecule has 0 fully saturated rings. The average molecular weight is 806 g/mol. The highest BCUT2D eigenvalue weighted by Crippen LogP contribution is 2.36. The van der Waals surface area contributed by atoms with Crippen molar-refractivity contribution in [2.45, 2.75) is 85.0 Å². The number of nitrogens with one attached hydrogen (secondary N) is 4. The van der Waals surface area contributed by atoms with Crippen molar-refractivity contribution < 1.29 is 4.79 Å². The van der Waals surface area contributed by atoms with E-state index in [1.165, 1.54) is 51.7 Å². The molecule has 2 heterocycles. The Bertz CT molecular complexity index is 1840. The number of carbonyl (C=O) groups excluding carboxylic acids is 1. The summed E-state index contributed by atoms with van der Waals surface area (Å²) in [6, 6.07) is 17.2. The van der Waals surface area contributed by atoms with Crippen LogP contribution in [0.3, 0.4) is 0 Å². The number of nitrogens with two attached hydrogens (primary N) is 1. The minimum Gasteiger partial charge on any atom is -0.362 e. The van der Waals surface area contributed by atoms with Crippen molar-refractivity contribution in [3.05, 3.63) is 138 Å². The minimum absolute atomic E-state index is 0.641. The first-order chi connectivity index (χ1) is 28.3. The van der Waals surface area contributed by atoms with Gasteiger partial charge in [-0.15, -0.1) is 19.2 Å². The smallest absolute Gasteiger partial charge is 0.130 e. The molecular weight excluding hydrogens is 735 g/mol. The second kappa shape index (κ2) is 30.3. The number of allylic oxidation sites excluding steroid dienone is 3. The van der Waals surface area contributed by atoms with Crippen LogP contribution in [0.4, 0.5) is 5.82 Å². The molecule has 0 aliphatic carbocycles. The molecule has 8 nitrogen and oxygen atoms in total. The highest BCUT2D eigenvalue weighted by molar-refractivity contribution is 7.80. The van der Waals surface area contributed by atoms with Crippen molar-refractivity contribution >= 4 is 32.0 Å². The second-order valence-corrected chi connectivity index (χ2v) is 14.0. The van der Waals surface area contributed by atoms with E-state index < -0.39 is 0 Å². The third-order valence-corrected chi connectivity index (χ3v) is 10.2. The average Bonchev–Trinajstić information content (AvgIpc) is 3.68. The van der Waals surface area contributed by atoms with Gasteiger partial charge in [-0.25, -0.2) is 4.98 Å². The van der Waals surface area contributed by atoms with Gasteiger partial charge in [-0.3, -0.25) is 4.99 Å². The van der Waals surface area contributed by atoms with Crippen LogP contribution in [0.15, 0.2) is 137 Å². The fourth-order valence-electron chi connectivity index (χ4n) is 6.53. The summed E-state index contributed by atoms with van der Waals surface area (Å²) in [7, 11) is 1.50. The molecule has 1 unspecified atom stereocenters. The highest BCUT2D eigenvalue weighted by Gasteiger charge is 2.14. The van der Waals surface area contributed by atoms with Crippen LogP contribution in [-0.4, -0.2) is 51.7 Å². The quantitative estimate of drug-likeness (QED) is 0.0275. The van der Waals surface area contributed by atoms with Crippen molar-refractivity contribution in [3.8, 4) is 22.3 Å². The van der Waals surface area contributed by atoms with Crippen LogP contribution in [0.5, 0.6) is 0 Å². The zero-order valence-electron chi connectivity index (χ0n) is 36.4. The lowest BCUT2D eigenvalue weighted by Crippen LogP contribution is -2.25. The van der Waals surface area contributed by atoms with Gasteiger partial charge in [0.25, 0.3) is 0 Å². The number of aliphatic imine (C=N–C) groups is 1. The molecule has 9 heteroatoms. The van der Waals surface area contributed by atoms with Gasteiger partial charge in [0, 0.05) is 60.9 Å². The summed E-state index contributed by atoms with van der Waals surface area (Å²) in [5.74, 6) is 1.45.